The molecule has 0 radical (unpaired) electrons. The molecule has 10 nitrogen and oxygen atoms in total. The van der Waals surface area contributed by atoms with Gasteiger partial charge in [0.25, 0.3) is 0 Å². The fraction of sp³-hybridized carbons (Fsp3) is 0.609. The lowest BCUT2D eigenvalue weighted by molar-refractivity contribution is -0.143. The van der Waals surface area contributed by atoms with Gasteiger partial charge in [0.15, 0.2) is 0 Å². The molecule has 1 fully saturated rings. The summed E-state index contributed by atoms with van der Waals surface area (Å²) in [5, 5.41) is 17.6. The van der Waals surface area contributed by atoms with Crippen LogP contribution in [0.4, 0.5) is 4.79 Å². The van der Waals surface area contributed by atoms with Gasteiger partial charge in [-0.3, -0.25) is 4.79 Å². The highest BCUT2D eigenvalue weighted by Crippen LogP contribution is 2.30. The third kappa shape index (κ3) is 6.21. The average Bonchev–Trinajstić information content (AvgIpc) is 3.17. The number of carboxylic acids is 1. The van der Waals surface area contributed by atoms with Gasteiger partial charge in [-0.15, -0.1) is 5.10 Å². The zero-order valence-corrected chi connectivity index (χ0v) is 19.8. The number of ether oxygens (including phenoxy) is 2. The number of hydrogen-bond donors (Lipinski definition) is 1. The minimum atomic E-state index is -0.763. The summed E-state index contributed by atoms with van der Waals surface area (Å²) in [5.74, 6) is -0.493. The highest BCUT2D eigenvalue weighted by molar-refractivity contribution is 5.70. The summed E-state index contributed by atoms with van der Waals surface area (Å²) in [6.07, 6.45) is 4.25. The Balaban J connectivity index is 1.68. The van der Waals surface area contributed by atoms with Gasteiger partial charge < -0.3 is 19.5 Å². The van der Waals surface area contributed by atoms with Crippen LogP contribution in [0.3, 0.4) is 0 Å². The van der Waals surface area contributed by atoms with Gasteiger partial charge in [-0.25, -0.2) is 14.5 Å². The van der Waals surface area contributed by atoms with Crippen molar-refractivity contribution in [3.8, 4) is 17.1 Å². The van der Waals surface area contributed by atoms with Crippen molar-refractivity contribution in [1.82, 2.24) is 24.9 Å². The van der Waals surface area contributed by atoms with Crippen molar-refractivity contribution in [3.63, 3.8) is 0 Å². The van der Waals surface area contributed by atoms with E-state index in [1.54, 1.807) is 29.7 Å². The van der Waals surface area contributed by atoms with Gasteiger partial charge in [-0.05, 0) is 51.2 Å². The van der Waals surface area contributed by atoms with Crippen molar-refractivity contribution in [2.24, 2.45) is 13.0 Å². The minimum Gasteiger partial charge on any atom is -0.489 e. The van der Waals surface area contributed by atoms with Crippen LogP contribution in [0.15, 0.2) is 12.1 Å². The lowest BCUT2D eigenvalue weighted by atomic mass is 9.87. The maximum absolute atomic E-state index is 12.2. The van der Waals surface area contributed by atoms with Crippen molar-refractivity contribution >= 4 is 12.1 Å². The minimum absolute atomic E-state index is 0.0335. The van der Waals surface area contributed by atoms with Gasteiger partial charge >= 0.3 is 12.1 Å². The van der Waals surface area contributed by atoms with Crippen LogP contribution in [0, 0.1) is 12.8 Å². The first-order chi connectivity index (χ1) is 15.8. The molecule has 2 aromatic rings. The van der Waals surface area contributed by atoms with Gasteiger partial charge in [-0.2, -0.15) is 0 Å². The van der Waals surface area contributed by atoms with Crippen molar-refractivity contribution < 1.29 is 24.2 Å². The first-order valence-corrected chi connectivity index (χ1v) is 11.4. The first kappa shape index (κ1) is 24.5. The number of carbonyl (C=O) groups is 2. The number of aryl methyl sites for hydroxylation is 2. The molecule has 10 heteroatoms. The SMILES string of the molecule is CCCCN(C)C(=O)OCc1c(-c2ccc(O[C@H]3CCC[C@H](C(=O)O)C3)c(C)n2)nnn1C. The summed E-state index contributed by atoms with van der Waals surface area (Å²) in [6.45, 7) is 4.59. The molecule has 1 aliphatic carbocycles. The van der Waals surface area contributed by atoms with Gasteiger partial charge in [-0.1, -0.05) is 18.6 Å². The van der Waals surface area contributed by atoms with Gasteiger partial charge in [0, 0.05) is 20.6 Å². The first-order valence-electron chi connectivity index (χ1n) is 11.4. The van der Waals surface area contributed by atoms with Gasteiger partial charge in [0.1, 0.15) is 23.7 Å². The van der Waals surface area contributed by atoms with Crippen LogP contribution in [-0.2, 0) is 23.2 Å². The quantitative estimate of drug-likeness (QED) is 0.604. The molecular formula is C23H33N5O5. The number of amides is 1. The number of carboxylic acid groups (broad SMARTS) is 1. The molecule has 33 heavy (non-hydrogen) atoms. The molecule has 0 aliphatic heterocycles. The normalized spacial score (nSPS) is 18.1. The number of unbranched alkanes of at least 4 members (excludes halogenated alkanes) is 1. The highest BCUT2D eigenvalue weighted by Gasteiger charge is 2.28. The van der Waals surface area contributed by atoms with E-state index in [2.05, 4.69) is 22.2 Å². The van der Waals surface area contributed by atoms with Gasteiger partial charge in [0.05, 0.1) is 23.4 Å². The van der Waals surface area contributed by atoms with E-state index in [9.17, 15) is 14.7 Å². The number of aliphatic carboxylic acids is 1. The van der Waals surface area contributed by atoms with Crippen LogP contribution in [0.2, 0.25) is 0 Å². The molecule has 3 rings (SSSR count). The monoisotopic (exact) mass is 459 g/mol. The number of aromatic nitrogens is 4. The van der Waals surface area contributed by atoms with E-state index in [1.807, 2.05) is 13.0 Å². The second-order valence-electron chi connectivity index (χ2n) is 8.56. The lowest BCUT2D eigenvalue weighted by Gasteiger charge is -2.27. The maximum Gasteiger partial charge on any atom is 0.409 e. The van der Waals surface area contributed by atoms with E-state index in [0.717, 1.165) is 25.7 Å². The Morgan fingerprint density at radius 3 is 2.79 bits per heavy atom. The van der Waals surface area contributed by atoms with Crippen LogP contribution in [-0.4, -0.2) is 61.7 Å². The number of nitrogens with zero attached hydrogens (tertiary/aromatic N) is 5. The van der Waals surface area contributed by atoms with E-state index in [-0.39, 0.29) is 18.6 Å². The number of carbonyl (C=O) groups excluding carboxylic acids is 1. The van der Waals surface area contributed by atoms with Crippen LogP contribution in [0.1, 0.15) is 56.8 Å². The lowest BCUT2D eigenvalue weighted by Crippen LogP contribution is -2.29. The molecule has 2 atom stereocenters. The van der Waals surface area contributed by atoms with Crippen molar-refractivity contribution in [2.45, 2.75) is 65.1 Å². The summed E-state index contributed by atoms with van der Waals surface area (Å²) in [6, 6.07) is 3.62. The molecule has 180 valence electrons. The molecule has 2 heterocycles. The Bertz CT molecular complexity index is 976. The molecule has 1 amide bonds. The van der Waals surface area contributed by atoms with Crippen molar-refractivity contribution in [1.29, 1.82) is 0 Å². The standard InChI is InChI=1S/C23H33N5O5/c1-5-6-12-27(3)23(31)32-14-19-21(25-26-28(19)4)18-10-11-20(15(2)24-18)33-17-9-7-8-16(13-17)22(29)30/h10-11,16-17H,5-9,12-14H2,1-4H3,(H,29,30)/t16-,17-/m0/s1. The third-order valence-electron chi connectivity index (χ3n) is 5.98. The molecule has 2 aromatic heterocycles. The smallest absolute Gasteiger partial charge is 0.409 e. The van der Waals surface area contributed by atoms with E-state index in [1.165, 1.54) is 0 Å². The summed E-state index contributed by atoms with van der Waals surface area (Å²) < 4.78 is 13.1. The third-order valence-corrected chi connectivity index (χ3v) is 5.98. The van der Waals surface area contributed by atoms with Crippen molar-refractivity contribution in [2.75, 3.05) is 13.6 Å². The largest absolute Gasteiger partial charge is 0.489 e. The Hall–Kier alpha value is -3.17. The molecule has 1 saturated carbocycles. The number of pyridine rings is 1. The molecule has 0 aromatic carbocycles. The molecule has 1 aliphatic rings. The predicted octanol–water partition coefficient (Wildman–Crippen LogP) is 3.58. The van der Waals surface area contributed by atoms with Crippen LogP contribution < -0.4 is 4.74 Å². The van der Waals surface area contributed by atoms with Gasteiger partial charge in [0.2, 0.25) is 0 Å². The Morgan fingerprint density at radius 2 is 2.09 bits per heavy atom. The number of rotatable bonds is 9. The fourth-order valence-corrected chi connectivity index (χ4v) is 3.93. The topological polar surface area (TPSA) is 120 Å². The fourth-order valence-electron chi connectivity index (χ4n) is 3.93. The van der Waals surface area contributed by atoms with E-state index in [4.69, 9.17) is 9.47 Å². The summed E-state index contributed by atoms with van der Waals surface area (Å²) in [4.78, 5) is 29.7. The molecular weight excluding hydrogens is 426 g/mol. The highest BCUT2D eigenvalue weighted by atomic mass is 16.6. The zero-order chi connectivity index (χ0) is 24.0. The van der Waals surface area contributed by atoms with Crippen molar-refractivity contribution in [3.05, 3.63) is 23.5 Å². The Morgan fingerprint density at radius 1 is 1.30 bits per heavy atom. The zero-order valence-electron chi connectivity index (χ0n) is 19.8. The van der Waals surface area contributed by atoms with E-state index >= 15 is 0 Å². The summed E-state index contributed by atoms with van der Waals surface area (Å²) in [5.41, 5.74) is 2.47. The van der Waals surface area contributed by atoms with E-state index in [0.29, 0.717) is 47.9 Å². The molecule has 1 N–H and O–H groups in total. The average molecular weight is 460 g/mol. The Labute approximate surface area is 193 Å². The van der Waals surface area contributed by atoms with Crippen LogP contribution in [0.5, 0.6) is 5.75 Å². The molecule has 0 spiro atoms. The summed E-state index contributed by atoms with van der Waals surface area (Å²) in [7, 11) is 3.46. The molecule has 0 saturated heterocycles. The second kappa shape index (κ2) is 11.1. The maximum atomic E-state index is 12.2. The summed E-state index contributed by atoms with van der Waals surface area (Å²) >= 11 is 0. The molecule has 0 unspecified atom stereocenters. The number of hydrogen-bond acceptors (Lipinski definition) is 7. The molecule has 0 bridgehead atoms. The second-order valence-corrected chi connectivity index (χ2v) is 8.56. The van der Waals surface area contributed by atoms with Crippen LogP contribution >= 0.6 is 0 Å². The predicted molar refractivity (Wildman–Crippen MR) is 121 cm³/mol. The van der Waals surface area contributed by atoms with Crippen LogP contribution in [0.25, 0.3) is 11.4 Å². The van der Waals surface area contributed by atoms with E-state index < -0.39 is 12.1 Å². The Kier molecular flexibility index (Phi) is 8.24.